The van der Waals surface area contributed by atoms with E-state index in [4.69, 9.17) is 0 Å². The van der Waals surface area contributed by atoms with Gasteiger partial charge in [-0.15, -0.1) is 0 Å². The van der Waals surface area contributed by atoms with Crippen LogP contribution in [0.15, 0.2) is 24.3 Å². The second-order valence-corrected chi connectivity index (χ2v) is 5.84. The number of hydrogen-bond donors (Lipinski definition) is 1. The molecular formula is C16H25N3. The van der Waals surface area contributed by atoms with Crippen LogP contribution >= 0.6 is 0 Å². The number of benzene rings is 1. The molecule has 19 heavy (non-hydrogen) atoms. The Balaban J connectivity index is 1.59. The standard InChI is InChI=1S/C16H25N3/c1-14-13-17-15-7-2-3-8-16(15)19(14)12-6-11-18-9-4-5-10-18/h2-3,7-8,14,17H,4-6,9-13H2,1H3. The fourth-order valence-electron chi connectivity index (χ4n) is 3.29. The van der Waals surface area contributed by atoms with E-state index >= 15 is 0 Å². The summed E-state index contributed by atoms with van der Waals surface area (Å²) in [4.78, 5) is 5.18. The lowest BCUT2D eigenvalue weighted by molar-refractivity contribution is 0.333. The van der Waals surface area contributed by atoms with Gasteiger partial charge in [0.1, 0.15) is 0 Å². The molecule has 0 bridgehead atoms. The Labute approximate surface area is 116 Å². The average molecular weight is 259 g/mol. The zero-order valence-corrected chi connectivity index (χ0v) is 11.9. The molecule has 2 aliphatic heterocycles. The minimum atomic E-state index is 0.591. The number of likely N-dealkylation sites (tertiary alicyclic amines) is 1. The number of hydrogen-bond acceptors (Lipinski definition) is 3. The maximum absolute atomic E-state index is 3.52. The number of rotatable bonds is 4. The molecule has 1 saturated heterocycles. The summed E-state index contributed by atoms with van der Waals surface area (Å²) < 4.78 is 0. The van der Waals surface area contributed by atoms with Gasteiger partial charge in [-0.1, -0.05) is 12.1 Å². The van der Waals surface area contributed by atoms with E-state index in [0.717, 1.165) is 6.54 Å². The van der Waals surface area contributed by atoms with E-state index in [-0.39, 0.29) is 0 Å². The minimum absolute atomic E-state index is 0.591. The Hall–Kier alpha value is -1.22. The van der Waals surface area contributed by atoms with Crippen molar-refractivity contribution < 1.29 is 0 Å². The van der Waals surface area contributed by atoms with Gasteiger partial charge in [0.2, 0.25) is 0 Å². The summed E-state index contributed by atoms with van der Waals surface area (Å²) >= 11 is 0. The van der Waals surface area contributed by atoms with E-state index in [2.05, 4.69) is 46.3 Å². The lowest BCUT2D eigenvalue weighted by Gasteiger charge is -2.38. The van der Waals surface area contributed by atoms with E-state index in [1.54, 1.807) is 0 Å². The first-order chi connectivity index (χ1) is 9.34. The Morgan fingerprint density at radius 1 is 1.16 bits per heavy atom. The summed E-state index contributed by atoms with van der Waals surface area (Å²) in [5.74, 6) is 0. The van der Waals surface area contributed by atoms with Crippen LogP contribution in [-0.2, 0) is 0 Å². The van der Waals surface area contributed by atoms with Gasteiger partial charge < -0.3 is 15.1 Å². The fraction of sp³-hybridized carbons (Fsp3) is 0.625. The van der Waals surface area contributed by atoms with Gasteiger partial charge in [-0.25, -0.2) is 0 Å². The molecule has 1 aromatic carbocycles. The molecule has 104 valence electrons. The third kappa shape index (κ3) is 2.86. The first-order valence-corrected chi connectivity index (χ1v) is 7.66. The van der Waals surface area contributed by atoms with E-state index in [0.29, 0.717) is 6.04 Å². The lowest BCUT2D eigenvalue weighted by Crippen LogP contribution is -2.43. The van der Waals surface area contributed by atoms with Crippen LogP contribution in [0.25, 0.3) is 0 Å². The summed E-state index contributed by atoms with van der Waals surface area (Å²) in [6.07, 6.45) is 4.07. The molecule has 2 aliphatic rings. The van der Waals surface area contributed by atoms with Crippen molar-refractivity contribution in [2.75, 3.05) is 42.9 Å². The first-order valence-electron chi connectivity index (χ1n) is 7.66. The SMILES string of the molecule is CC1CNc2ccccc2N1CCCN1CCCC1. The smallest absolute Gasteiger partial charge is 0.0605 e. The van der Waals surface area contributed by atoms with Gasteiger partial charge in [-0.2, -0.15) is 0 Å². The van der Waals surface area contributed by atoms with Gasteiger partial charge >= 0.3 is 0 Å². The van der Waals surface area contributed by atoms with Crippen LogP contribution in [0.1, 0.15) is 26.2 Å². The minimum Gasteiger partial charge on any atom is -0.381 e. The molecule has 0 aromatic heterocycles. The van der Waals surface area contributed by atoms with Gasteiger partial charge in [-0.05, 0) is 58.0 Å². The molecule has 3 nitrogen and oxygen atoms in total. The molecule has 1 aromatic rings. The Morgan fingerprint density at radius 2 is 1.95 bits per heavy atom. The van der Waals surface area contributed by atoms with Crippen LogP contribution in [-0.4, -0.2) is 43.7 Å². The van der Waals surface area contributed by atoms with E-state index < -0.39 is 0 Å². The van der Waals surface area contributed by atoms with E-state index in [1.165, 1.54) is 56.8 Å². The van der Waals surface area contributed by atoms with Crippen LogP contribution in [0, 0.1) is 0 Å². The first kappa shape index (κ1) is 12.8. The number of nitrogens with one attached hydrogen (secondary N) is 1. The monoisotopic (exact) mass is 259 g/mol. The van der Waals surface area contributed by atoms with E-state index in [1.807, 2.05) is 0 Å². The largest absolute Gasteiger partial charge is 0.381 e. The number of anilines is 2. The van der Waals surface area contributed by atoms with E-state index in [9.17, 15) is 0 Å². The summed E-state index contributed by atoms with van der Waals surface area (Å²) in [5.41, 5.74) is 2.67. The van der Waals surface area contributed by atoms with Crippen LogP contribution in [0.3, 0.4) is 0 Å². The normalized spacial score (nSPS) is 23.2. The molecule has 0 spiro atoms. The fourth-order valence-corrected chi connectivity index (χ4v) is 3.29. The lowest BCUT2D eigenvalue weighted by atomic mass is 10.1. The quantitative estimate of drug-likeness (QED) is 0.897. The predicted octanol–water partition coefficient (Wildman–Crippen LogP) is 2.79. The molecule has 0 amide bonds. The highest BCUT2D eigenvalue weighted by atomic mass is 15.2. The summed E-state index contributed by atoms with van der Waals surface area (Å²) in [6, 6.07) is 9.28. The predicted molar refractivity (Wildman–Crippen MR) is 82.0 cm³/mol. The molecule has 3 heteroatoms. The Bertz CT molecular complexity index is 412. The number of para-hydroxylation sites is 2. The summed E-state index contributed by atoms with van der Waals surface area (Å²) in [7, 11) is 0. The molecule has 3 rings (SSSR count). The zero-order chi connectivity index (χ0) is 13.1. The molecule has 2 heterocycles. The summed E-state index contributed by atoms with van der Waals surface area (Å²) in [6.45, 7) is 8.44. The van der Waals surface area contributed by atoms with Crippen LogP contribution in [0.5, 0.6) is 0 Å². The van der Waals surface area contributed by atoms with Crippen molar-refractivity contribution in [3.8, 4) is 0 Å². The zero-order valence-electron chi connectivity index (χ0n) is 11.9. The van der Waals surface area contributed by atoms with Crippen molar-refractivity contribution in [3.63, 3.8) is 0 Å². The van der Waals surface area contributed by atoms with Crippen molar-refractivity contribution in [1.29, 1.82) is 0 Å². The average Bonchev–Trinajstić information content (AvgIpc) is 2.94. The second kappa shape index (κ2) is 5.83. The van der Waals surface area contributed by atoms with Gasteiger partial charge in [0.15, 0.2) is 0 Å². The van der Waals surface area contributed by atoms with Gasteiger partial charge in [0, 0.05) is 19.1 Å². The maximum Gasteiger partial charge on any atom is 0.0605 e. The summed E-state index contributed by atoms with van der Waals surface area (Å²) in [5, 5.41) is 3.52. The van der Waals surface area contributed by atoms with Crippen LogP contribution < -0.4 is 10.2 Å². The third-order valence-electron chi connectivity index (χ3n) is 4.41. The molecule has 0 aliphatic carbocycles. The Kier molecular flexibility index (Phi) is 3.92. The van der Waals surface area contributed by atoms with Crippen molar-refractivity contribution in [2.24, 2.45) is 0 Å². The maximum atomic E-state index is 3.52. The van der Waals surface area contributed by atoms with Gasteiger partial charge in [-0.3, -0.25) is 0 Å². The molecular weight excluding hydrogens is 234 g/mol. The number of fused-ring (bicyclic) bond motifs is 1. The van der Waals surface area contributed by atoms with Crippen molar-refractivity contribution in [1.82, 2.24) is 4.90 Å². The van der Waals surface area contributed by atoms with Crippen molar-refractivity contribution >= 4 is 11.4 Å². The highest BCUT2D eigenvalue weighted by Crippen LogP contribution is 2.31. The van der Waals surface area contributed by atoms with Gasteiger partial charge in [0.25, 0.3) is 0 Å². The van der Waals surface area contributed by atoms with Crippen molar-refractivity contribution in [2.45, 2.75) is 32.2 Å². The highest BCUT2D eigenvalue weighted by Gasteiger charge is 2.22. The highest BCUT2D eigenvalue weighted by molar-refractivity contribution is 5.72. The number of nitrogens with zero attached hydrogens (tertiary/aromatic N) is 2. The van der Waals surface area contributed by atoms with Crippen LogP contribution in [0.4, 0.5) is 11.4 Å². The second-order valence-electron chi connectivity index (χ2n) is 5.84. The van der Waals surface area contributed by atoms with Gasteiger partial charge in [0.05, 0.1) is 11.4 Å². The third-order valence-corrected chi connectivity index (χ3v) is 4.41. The molecule has 1 N–H and O–H groups in total. The van der Waals surface area contributed by atoms with Crippen molar-refractivity contribution in [3.05, 3.63) is 24.3 Å². The molecule has 0 radical (unpaired) electrons. The van der Waals surface area contributed by atoms with Crippen LogP contribution in [0.2, 0.25) is 0 Å². The molecule has 1 unspecified atom stereocenters. The molecule has 1 fully saturated rings. The Morgan fingerprint density at radius 3 is 2.79 bits per heavy atom. The molecule has 1 atom stereocenters. The molecule has 0 saturated carbocycles. The topological polar surface area (TPSA) is 18.5 Å².